The second-order valence-electron chi connectivity index (χ2n) is 4.08. The van der Waals surface area contributed by atoms with Gasteiger partial charge in [-0.3, -0.25) is 4.79 Å². The number of aryl methyl sites for hydroxylation is 1. The number of carbonyl (C=O) groups excluding carboxylic acids is 1. The molecule has 3 nitrogen and oxygen atoms in total. The summed E-state index contributed by atoms with van der Waals surface area (Å²) < 4.78 is 12.8. The van der Waals surface area contributed by atoms with Crippen LogP contribution in [0.1, 0.15) is 15.9 Å². The molecule has 0 fully saturated rings. The van der Waals surface area contributed by atoms with E-state index >= 15 is 0 Å². The second kappa shape index (κ2) is 5.28. The lowest BCUT2D eigenvalue weighted by atomic mass is 10.1. The van der Waals surface area contributed by atoms with Gasteiger partial charge in [0.15, 0.2) is 0 Å². The first-order chi connectivity index (χ1) is 8.97. The zero-order valence-electron chi connectivity index (χ0n) is 10.1. The van der Waals surface area contributed by atoms with E-state index < -0.39 is 17.5 Å². The fourth-order valence-electron chi connectivity index (χ4n) is 1.57. The molecule has 2 rings (SSSR count). The number of amides is 1. The topological polar surface area (TPSA) is 49.3 Å². The lowest BCUT2D eigenvalue weighted by molar-refractivity contribution is 0.102. The van der Waals surface area contributed by atoms with Gasteiger partial charge in [-0.1, -0.05) is 17.7 Å². The highest BCUT2D eigenvalue weighted by Gasteiger charge is 2.12. The molecule has 0 aromatic heterocycles. The first-order valence-electron chi connectivity index (χ1n) is 5.53. The minimum absolute atomic E-state index is 0.00176. The Labute approximate surface area is 114 Å². The maximum Gasteiger partial charge on any atom is 0.259 e. The summed E-state index contributed by atoms with van der Waals surface area (Å²) >= 11 is 5.95. The molecule has 0 bridgehead atoms. The van der Waals surface area contributed by atoms with Crippen molar-refractivity contribution < 1.29 is 14.3 Å². The first-order valence-corrected chi connectivity index (χ1v) is 5.91. The average Bonchev–Trinajstić information content (AvgIpc) is 2.33. The van der Waals surface area contributed by atoms with Gasteiger partial charge in [0, 0.05) is 16.8 Å². The lowest BCUT2D eigenvalue weighted by Crippen LogP contribution is -2.12. The summed E-state index contributed by atoms with van der Waals surface area (Å²) in [5, 5.41) is 12.6. The predicted octanol–water partition coefficient (Wildman–Crippen LogP) is 3.75. The van der Waals surface area contributed by atoms with Crippen LogP contribution in [0.25, 0.3) is 0 Å². The summed E-state index contributed by atoms with van der Waals surface area (Å²) in [6, 6.07) is 8.28. The number of anilines is 1. The zero-order chi connectivity index (χ0) is 14.0. The number of benzene rings is 2. The third-order valence-corrected chi connectivity index (χ3v) is 3.04. The maximum absolute atomic E-state index is 12.8. The molecule has 0 aliphatic carbocycles. The van der Waals surface area contributed by atoms with Gasteiger partial charge >= 0.3 is 0 Å². The van der Waals surface area contributed by atoms with Crippen molar-refractivity contribution in [1.82, 2.24) is 0 Å². The van der Waals surface area contributed by atoms with Gasteiger partial charge < -0.3 is 10.4 Å². The molecule has 0 saturated carbocycles. The van der Waals surface area contributed by atoms with E-state index in [1.807, 2.05) is 6.92 Å². The molecule has 2 N–H and O–H groups in total. The van der Waals surface area contributed by atoms with E-state index in [-0.39, 0.29) is 5.56 Å². The zero-order valence-corrected chi connectivity index (χ0v) is 10.8. The highest BCUT2D eigenvalue weighted by atomic mass is 35.5. The number of hydrogen-bond acceptors (Lipinski definition) is 2. The van der Waals surface area contributed by atoms with Crippen LogP contribution in [0.3, 0.4) is 0 Å². The molecule has 0 unspecified atom stereocenters. The third kappa shape index (κ3) is 3.03. The van der Waals surface area contributed by atoms with E-state index in [1.165, 1.54) is 6.07 Å². The van der Waals surface area contributed by atoms with Crippen molar-refractivity contribution in [2.45, 2.75) is 6.92 Å². The molecular weight excluding hydrogens is 269 g/mol. The van der Waals surface area contributed by atoms with Gasteiger partial charge in [-0.15, -0.1) is 0 Å². The van der Waals surface area contributed by atoms with Crippen LogP contribution in [-0.4, -0.2) is 11.0 Å². The van der Waals surface area contributed by atoms with Gasteiger partial charge in [0.1, 0.15) is 11.6 Å². The number of halogens is 2. The standard InChI is InChI=1S/C14H11ClFNO2/c1-8-2-4-10(7-12(8)15)17-14(19)11-5-3-9(16)6-13(11)18/h2-7,18H,1H3,(H,17,19). The van der Waals surface area contributed by atoms with E-state index in [2.05, 4.69) is 5.32 Å². The first kappa shape index (κ1) is 13.4. The van der Waals surface area contributed by atoms with Crippen LogP contribution in [0.2, 0.25) is 5.02 Å². The second-order valence-corrected chi connectivity index (χ2v) is 4.49. The van der Waals surface area contributed by atoms with E-state index in [1.54, 1.807) is 18.2 Å². The van der Waals surface area contributed by atoms with Crippen molar-refractivity contribution in [3.05, 3.63) is 58.4 Å². The fraction of sp³-hybridized carbons (Fsp3) is 0.0714. The Hall–Kier alpha value is -2.07. The summed E-state index contributed by atoms with van der Waals surface area (Å²) in [6.45, 7) is 1.85. The Morgan fingerprint density at radius 3 is 2.63 bits per heavy atom. The molecule has 0 aliphatic rings. The molecule has 0 spiro atoms. The Bertz CT molecular complexity index is 643. The predicted molar refractivity (Wildman–Crippen MR) is 72.2 cm³/mol. The Kier molecular flexibility index (Phi) is 3.71. The monoisotopic (exact) mass is 279 g/mol. The van der Waals surface area contributed by atoms with Crippen LogP contribution in [0.15, 0.2) is 36.4 Å². The van der Waals surface area contributed by atoms with Crippen LogP contribution in [0.4, 0.5) is 10.1 Å². The molecule has 2 aromatic carbocycles. The number of phenolic OH excluding ortho intramolecular Hbond substituents is 1. The molecular formula is C14H11ClFNO2. The van der Waals surface area contributed by atoms with Gasteiger partial charge in [0.05, 0.1) is 5.56 Å². The third-order valence-electron chi connectivity index (χ3n) is 2.63. The summed E-state index contributed by atoms with van der Waals surface area (Å²) in [7, 11) is 0. The van der Waals surface area contributed by atoms with Crippen molar-refractivity contribution in [2.24, 2.45) is 0 Å². The lowest BCUT2D eigenvalue weighted by Gasteiger charge is -2.08. The largest absolute Gasteiger partial charge is 0.507 e. The Balaban J connectivity index is 2.23. The number of carbonyl (C=O) groups is 1. The molecule has 1 amide bonds. The highest BCUT2D eigenvalue weighted by molar-refractivity contribution is 6.31. The van der Waals surface area contributed by atoms with E-state index in [0.717, 1.165) is 17.7 Å². The van der Waals surface area contributed by atoms with Crippen LogP contribution < -0.4 is 5.32 Å². The molecule has 0 saturated heterocycles. The van der Waals surface area contributed by atoms with Crippen molar-refractivity contribution in [3.8, 4) is 5.75 Å². The van der Waals surface area contributed by atoms with Gasteiger partial charge in [0.2, 0.25) is 0 Å². The molecule has 0 radical (unpaired) electrons. The summed E-state index contributed by atoms with van der Waals surface area (Å²) in [5.74, 6) is -1.54. The minimum atomic E-state index is -0.604. The Morgan fingerprint density at radius 1 is 1.26 bits per heavy atom. The quantitative estimate of drug-likeness (QED) is 0.880. The van der Waals surface area contributed by atoms with E-state index in [0.29, 0.717) is 10.7 Å². The molecule has 5 heteroatoms. The summed E-state index contributed by atoms with van der Waals surface area (Å²) in [5.41, 5.74) is 1.40. The molecule has 0 atom stereocenters. The van der Waals surface area contributed by atoms with Crippen molar-refractivity contribution in [3.63, 3.8) is 0 Å². The van der Waals surface area contributed by atoms with Crippen LogP contribution in [-0.2, 0) is 0 Å². The number of phenols is 1. The SMILES string of the molecule is Cc1ccc(NC(=O)c2ccc(F)cc2O)cc1Cl. The molecule has 19 heavy (non-hydrogen) atoms. The summed E-state index contributed by atoms with van der Waals surface area (Å²) in [4.78, 5) is 11.9. The van der Waals surface area contributed by atoms with Gasteiger partial charge in [-0.2, -0.15) is 0 Å². The van der Waals surface area contributed by atoms with Gasteiger partial charge in [-0.05, 0) is 36.8 Å². The average molecular weight is 280 g/mol. The van der Waals surface area contributed by atoms with Gasteiger partial charge in [0.25, 0.3) is 5.91 Å². The van der Waals surface area contributed by atoms with E-state index in [9.17, 15) is 14.3 Å². The van der Waals surface area contributed by atoms with Crippen LogP contribution in [0.5, 0.6) is 5.75 Å². The van der Waals surface area contributed by atoms with Gasteiger partial charge in [-0.25, -0.2) is 4.39 Å². The number of hydrogen-bond donors (Lipinski definition) is 2. The number of aromatic hydroxyl groups is 1. The van der Waals surface area contributed by atoms with Crippen LogP contribution in [0, 0.1) is 12.7 Å². The van der Waals surface area contributed by atoms with Crippen molar-refractivity contribution >= 4 is 23.2 Å². The molecule has 0 aliphatic heterocycles. The molecule has 0 heterocycles. The minimum Gasteiger partial charge on any atom is -0.507 e. The number of rotatable bonds is 2. The Morgan fingerprint density at radius 2 is 2.00 bits per heavy atom. The maximum atomic E-state index is 12.8. The normalized spacial score (nSPS) is 10.3. The number of nitrogens with one attached hydrogen (secondary N) is 1. The highest BCUT2D eigenvalue weighted by Crippen LogP contribution is 2.23. The van der Waals surface area contributed by atoms with E-state index in [4.69, 9.17) is 11.6 Å². The van der Waals surface area contributed by atoms with Crippen molar-refractivity contribution in [1.29, 1.82) is 0 Å². The smallest absolute Gasteiger partial charge is 0.259 e. The molecule has 98 valence electrons. The van der Waals surface area contributed by atoms with Crippen LogP contribution >= 0.6 is 11.6 Å². The fourth-order valence-corrected chi connectivity index (χ4v) is 1.75. The molecule has 2 aromatic rings. The van der Waals surface area contributed by atoms with Crippen molar-refractivity contribution in [2.75, 3.05) is 5.32 Å². The summed E-state index contributed by atoms with van der Waals surface area (Å²) in [6.07, 6.45) is 0.